The van der Waals surface area contributed by atoms with Gasteiger partial charge in [-0.05, 0) is 39.9 Å². The number of nitrogens with one attached hydrogen (secondary N) is 1. The second-order valence-corrected chi connectivity index (χ2v) is 5.69. The minimum atomic E-state index is -0.0151. The van der Waals surface area contributed by atoms with Crippen LogP contribution in [-0.2, 0) is 0 Å². The van der Waals surface area contributed by atoms with Gasteiger partial charge in [-0.1, -0.05) is 25.2 Å². The van der Waals surface area contributed by atoms with Crippen LogP contribution in [0, 0.1) is 0 Å². The van der Waals surface area contributed by atoms with Crippen molar-refractivity contribution in [3.8, 4) is 0 Å². The van der Waals surface area contributed by atoms with E-state index in [1.54, 1.807) is 0 Å². The molecule has 21 heavy (non-hydrogen) atoms. The summed E-state index contributed by atoms with van der Waals surface area (Å²) in [6.45, 7) is 13.7. The lowest BCUT2D eigenvalue weighted by Crippen LogP contribution is -2.34. The standard InChI is InChI=1S/C14H27N5OS/c1-5-15-14-17-16-12(21-14)13(20)19(8-4)11-9-10-18(6-2)7-3/h5-11H2,1-4H3,(H,15,17). The zero-order chi connectivity index (χ0) is 15.7. The maximum atomic E-state index is 12.4. The van der Waals surface area contributed by atoms with Crippen LogP contribution in [-0.4, -0.2) is 65.2 Å². The smallest absolute Gasteiger partial charge is 0.284 e. The van der Waals surface area contributed by atoms with Crippen LogP contribution in [0.25, 0.3) is 0 Å². The van der Waals surface area contributed by atoms with Crippen LogP contribution < -0.4 is 5.32 Å². The summed E-state index contributed by atoms with van der Waals surface area (Å²) in [7, 11) is 0. The van der Waals surface area contributed by atoms with Crippen LogP contribution in [0.15, 0.2) is 0 Å². The van der Waals surface area contributed by atoms with E-state index in [1.807, 2.05) is 18.7 Å². The summed E-state index contributed by atoms with van der Waals surface area (Å²) in [5.74, 6) is -0.0151. The predicted octanol–water partition coefficient (Wildman–Crippen LogP) is 2.16. The summed E-state index contributed by atoms with van der Waals surface area (Å²) in [5, 5.41) is 12.2. The fraction of sp³-hybridized carbons (Fsp3) is 0.786. The van der Waals surface area contributed by atoms with Gasteiger partial charge < -0.3 is 15.1 Å². The Labute approximate surface area is 131 Å². The number of hydrogen-bond donors (Lipinski definition) is 1. The number of carbonyl (C=O) groups is 1. The molecule has 0 aromatic carbocycles. The Bertz CT molecular complexity index is 419. The minimum absolute atomic E-state index is 0.0151. The molecule has 0 aliphatic carbocycles. The quantitative estimate of drug-likeness (QED) is 0.717. The van der Waals surface area contributed by atoms with Gasteiger partial charge in [-0.3, -0.25) is 4.79 Å². The molecule has 0 aliphatic rings. The summed E-state index contributed by atoms with van der Waals surface area (Å²) in [4.78, 5) is 16.6. The highest BCUT2D eigenvalue weighted by Gasteiger charge is 2.18. The number of aromatic nitrogens is 2. The average Bonchev–Trinajstić information content (AvgIpc) is 2.96. The second-order valence-electron chi connectivity index (χ2n) is 4.71. The molecule has 6 nitrogen and oxygen atoms in total. The van der Waals surface area contributed by atoms with Crippen molar-refractivity contribution < 1.29 is 4.79 Å². The van der Waals surface area contributed by atoms with Crippen molar-refractivity contribution in [2.24, 2.45) is 0 Å². The third-order valence-electron chi connectivity index (χ3n) is 3.40. The lowest BCUT2D eigenvalue weighted by atomic mass is 10.3. The predicted molar refractivity (Wildman–Crippen MR) is 88.1 cm³/mol. The van der Waals surface area contributed by atoms with Crippen molar-refractivity contribution in [2.45, 2.75) is 34.1 Å². The van der Waals surface area contributed by atoms with Gasteiger partial charge >= 0.3 is 0 Å². The van der Waals surface area contributed by atoms with Crippen LogP contribution in [0.2, 0.25) is 0 Å². The zero-order valence-electron chi connectivity index (χ0n) is 13.6. The lowest BCUT2D eigenvalue weighted by Gasteiger charge is -2.22. The maximum Gasteiger partial charge on any atom is 0.284 e. The van der Waals surface area contributed by atoms with Crippen molar-refractivity contribution in [3.05, 3.63) is 5.01 Å². The molecule has 0 bridgehead atoms. The largest absolute Gasteiger partial charge is 0.360 e. The molecule has 120 valence electrons. The van der Waals surface area contributed by atoms with Crippen LogP contribution >= 0.6 is 11.3 Å². The van der Waals surface area contributed by atoms with Gasteiger partial charge in [0.15, 0.2) is 0 Å². The van der Waals surface area contributed by atoms with Gasteiger partial charge in [0, 0.05) is 19.6 Å². The summed E-state index contributed by atoms with van der Waals surface area (Å²) >= 11 is 1.32. The second kappa shape index (κ2) is 9.68. The Morgan fingerprint density at radius 2 is 1.81 bits per heavy atom. The Morgan fingerprint density at radius 1 is 1.10 bits per heavy atom. The fourth-order valence-corrected chi connectivity index (χ4v) is 2.88. The van der Waals surface area contributed by atoms with Gasteiger partial charge in [0.2, 0.25) is 10.1 Å². The molecule has 1 heterocycles. The lowest BCUT2D eigenvalue weighted by molar-refractivity contribution is 0.0756. The van der Waals surface area contributed by atoms with Crippen LogP contribution in [0.1, 0.15) is 43.9 Å². The number of anilines is 1. The van der Waals surface area contributed by atoms with E-state index in [2.05, 4.69) is 34.3 Å². The molecule has 1 aromatic heterocycles. The van der Waals surface area contributed by atoms with Crippen molar-refractivity contribution in [3.63, 3.8) is 0 Å². The first-order valence-electron chi connectivity index (χ1n) is 7.75. The summed E-state index contributed by atoms with van der Waals surface area (Å²) in [5.41, 5.74) is 0. The molecule has 0 saturated carbocycles. The monoisotopic (exact) mass is 313 g/mol. The van der Waals surface area contributed by atoms with Gasteiger partial charge in [0.1, 0.15) is 0 Å². The van der Waals surface area contributed by atoms with Crippen LogP contribution in [0.4, 0.5) is 5.13 Å². The molecule has 1 rings (SSSR count). The average molecular weight is 313 g/mol. The van der Waals surface area contributed by atoms with Crippen molar-refractivity contribution >= 4 is 22.4 Å². The number of nitrogens with zero attached hydrogens (tertiary/aromatic N) is 4. The zero-order valence-corrected chi connectivity index (χ0v) is 14.4. The van der Waals surface area contributed by atoms with Gasteiger partial charge in [-0.2, -0.15) is 0 Å². The molecule has 0 radical (unpaired) electrons. The van der Waals surface area contributed by atoms with E-state index in [4.69, 9.17) is 0 Å². The van der Waals surface area contributed by atoms with Crippen LogP contribution in [0.3, 0.4) is 0 Å². The normalized spacial score (nSPS) is 10.9. The molecule has 1 N–H and O–H groups in total. The molecular formula is C14H27N5OS. The Kier molecular flexibility index (Phi) is 8.22. The highest BCUT2D eigenvalue weighted by Crippen LogP contribution is 2.16. The number of rotatable bonds is 10. The third-order valence-corrected chi connectivity index (χ3v) is 4.27. The van der Waals surface area contributed by atoms with E-state index in [9.17, 15) is 4.79 Å². The summed E-state index contributed by atoms with van der Waals surface area (Å²) in [6.07, 6.45) is 0.986. The molecule has 0 unspecified atom stereocenters. The molecule has 7 heteroatoms. The topological polar surface area (TPSA) is 61.4 Å². The molecular weight excluding hydrogens is 286 g/mol. The van der Waals surface area contributed by atoms with Crippen LogP contribution in [0.5, 0.6) is 0 Å². The third kappa shape index (κ3) is 5.59. The molecule has 0 atom stereocenters. The van der Waals surface area contributed by atoms with E-state index in [0.717, 1.165) is 39.1 Å². The number of amides is 1. The number of carbonyl (C=O) groups excluding carboxylic acids is 1. The first-order valence-corrected chi connectivity index (χ1v) is 8.56. The Morgan fingerprint density at radius 3 is 2.38 bits per heavy atom. The van der Waals surface area contributed by atoms with E-state index in [-0.39, 0.29) is 5.91 Å². The minimum Gasteiger partial charge on any atom is -0.360 e. The molecule has 0 fully saturated rings. The maximum absolute atomic E-state index is 12.4. The SMILES string of the molecule is CCNc1nnc(C(=O)N(CC)CCCN(CC)CC)s1. The summed E-state index contributed by atoms with van der Waals surface area (Å²) in [6, 6.07) is 0. The molecule has 1 amide bonds. The first-order chi connectivity index (χ1) is 10.2. The highest BCUT2D eigenvalue weighted by molar-refractivity contribution is 7.17. The Hall–Kier alpha value is -1.21. The van der Waals surface area contributed by atoms with E-state index >= 15 is 0 Å². The van der Waals surface area contributed by atoms with Gasteiger partial charge in [-0.15, -0.1) is 10.2 Å². The first kappa shape index (κ1) is 17.8. The molecule has 0 saturated heterocycles. The van der Waals surface area contributed by atoms with E-state index in [1.165, 1.54) is 11.3 Å². The van der Waals surface area contributed by atoms with Crippen molar-refractivity contribution in [1.82, 2.24) is 20.0 Å². The highest BCUT2D eigenvalue weighted by atomic mass is 32.1. The van der Waals surface area contributed by atoms with Crippen molar-refractivity contribution in [1.29, 1.82) is 0 Å². The number of hydrogen-bond acceptors (Lipinski definition) is 6. The van der Waals surface area contributed by atoms with Gasteiger partial charge in [0.05, 0.1) is 0 Å². The van der Waals surface area contributed by atoms with Crippen molar-refractivity contribution in [2.75, 3.05) is 44.6 Å². The molecule has 0 aliphatic heterocycles. The van der Waals surface area contributed by atoms with Gasteiger partial charge in [-0.25, -0.2) is 0 Å². The fourth-order valence-electron chi connectivity index (χ4n) is 2.10. The molecule has 0 spiro atoms. The van der Waals surface area contributed by atoms with Gasteiger partial charge in [0.25, 0.3) is 5.91 Å². The molecule has 1 aromatic rings. The van der Waals surface area contributed by atoms with E-state index in [0.29, 0.717) is 16.7 Å². The summed E-state index contributed by atoms with van der Waals surface area (Å²) < 4.78 is 0. The Balaban J connectivity index is 2.51. The van der Waals surface area contributed by atoms with E-state index < -0.39 is 0 Å².